The Hall–Kier alpha value is -1.50. The van der Waals surface area contributed by atoms with Gasteiger partial charge in [0.2, 0.25) is 5.91 Å². The van der Waals surface area contributed by atoms with Crippen molar-refractivity contribution in [2.24, 2.45) is 5.92 Å². The number of hydrogen-bond acceptors (Lipinski definition) is 5. The maximum Gasteiger partial charge on any atom is 0.220 e. The highest BCUT2D eigenvalue weighted by molar-refractivity contribution is 5.77. The molecule has 29 heavy (non-hydrogen) atoms. The zero-order valence-electron chi connectivity index (χ0n) is 17.6. The number of ether oxygens (including phenoxy) is 1. The number of pyridine rings is 1. The van der Waals surface area contributed by atoms with Gasteiger partial charge in [-0.3, -0.25) is 14.7 Å². The van der Waals surface area contributed by atoms with Crippen LogP contribution in [-0.2, 0) is 16.1 Å². The van der Waals surface area contributed by atoms with Crippen LogP contribution in [0.3, 0.4) is 0 Å². The highest BCUT2D eigenvalue weighted by atomic mass is 16.5. The van der Waals surface area contributed by atoms with Crippen LogP contribution in [0.2, 0.25) is 0 Å². The summed E-state index contributed by atoms with van der Waals surface area (Å²) in [6, 6.07) is 4.10. The Bertz CT molecular complexity index is 684. The Morgan fingerprint density at radius 2 is 1.93 bits per heavy atom. The third-order valence-electron chi connectivity index (χ3n) is 7.34. The second-order valence-electron chi connectivity index (χ2n) is 9.52. The molecular weight excluding hydrogens is 366 g/mol. The van der Waals surface area contributed by atoms with Gasteiger partial charge in [-0.2, -0.15) is 0 Å². The number of amides is 1. The van der Waals surface area contributed by atoms with E-state index >= 15 is 0 Å². The fourth-order valence-corrected chi connectivity index (χ4v) is 5.49. The Balaban J connectivity index is 1.35. The van der Waals surface area contributed by atoms with Gasteiger partial charge in [-0.1, -0.05) is 12.8 Å². The zero-order valence-corrected chi connectivity index (χ0v) is 17.6. The molecule has 1 aromatic heterocycles. The van der Waals surface area contributed by atoms with E-state index in [0.29, 0.717) is 25.4 Å². The molecule has 1 amide bonds. The minimum Gasteiger partial charge on any atom is -0.388 e. The number of rotatable bonds is 5. The summed E-state index contributed by atoms with van der Waals surface area (Å²) in [5, 5.41) is 14.5. The first-order valence-electron chi connectivity index (χ1n) is 11.2. The average molecular weight is 402 g/mol. The summed E-state index contributed by atoms with van der Waals surface area (Å²) in [5.41, 5.74) is 0.0916. The molecule has 2 N–H and O–H groups in total. The number of nitrogens with zero attached hydrogens (tertiary/aromatic N) is 2. The molecule has 3 fully saturated rings. The smallest absolute Gasteiger partial charge is 0.220 e. The number of aromatic nitrogens is 1. The zero-order chi connectivity index (χ0) is 20.3. The van der Waals surface area contributed by atoms with E-state index in [2.05, 4.69) is 15.2 Å². The molecule has 1 spiro atoms. The third-order valence-corrected chi connectivity index (χ3v) is 7.34. The van der Waals surface area contributed by atoms with E-state index in [-0.39, 0.29) is 5.91 Å². The van der Waals surface area contributed by atoms with Crippen LogP contribution in [-0.4, -0.2) is 57.8 Å². The molecule has 0 unspecified atom stereocenters. The first-order chi connectivity index (χ1) is 14.0. The molecule has 4 rings (SSSR count). The molecule has 2 aliphatic heterocycles. The van der Waals surface area contributed by atoms with Crippen LogP contribution in [0.5, 0.6) is 0 Å². The van der Waals surface area contributed by atoms with E-state index in [1.165, 1.54) is 18.4 Å². The summed E-state index contributed by atoms with van der Waals surface area (Å²) >= 11 is 0. The highest BCUT2D eigenvalue weighted by Gasteiger charge is 2.53. The van der Waals surface area contributed by atoms with Crippen LogP contribution < -0.4 is 5.32 Å². The molecular formula is C23H35N3O3. The lowest BCUT2D eigenvalue weighted by atomic mass is 9.73. The topological polar surface area (TPSA) is 74.7 Å². The first kappa shape index (κ1) is 20.8. The molecule has 2 saturated heterocycles. The number of piperidine rings is 1. The lowest BCUT2D eigenvalue weighted by molar-refractivity contribution is -0.208. The average Bonchev–Trinajstić information content (AvgIpc) is 3.21. The Kier molecular flexibility index (Phi) is 6.23. The van der Waals surface area contributed by atoms with Gasteiger partial charge in [-0.25, -0.2) is 0 Å². The van der Waals surface area contributed by atoms with Gasteiger partial charge >= 0.3 is 0 Å². The van der Waals surface area contributed by atoms with Crippen molar-refractivity contribution in [3.63, 3.8) is 0 Å². The van der Waals surface area contributed by atoms with Crippen molar-refractivity contribution in [2.75, 3.05) is 19.7 Å². The van der Waals surface area contributed by atoms with Crippen LogP contribution >= 0.6 is 0 Å². The molecule has 0 bridgehead atoms. The summed E-state index contributed by atoms with van der Waals surface area (Å²) in [5.74, 6) is 0.603. The number of carbonyl (C=O) groups is 1. The molecule has 6 heteroatoms. The maximum atomic E-state index is 12.7. The number of aliphatic hydroxyl groups is 1. The number of nitrogens with one attached hydrogen (secondary N) is 1. The van der Waals surface area contributed by atoms with Gasteiger partial charge in [0, 0.05) is 45.1 Å². The van der Waals surface area contributed by atoms with Crippen molar-refractivity contribution >= 4 is 5.91 Å². The Morgan fingerprint density at radius 3 is 2.62 bits per heavy atom. The second kappa shape index (κ2) is 8.70. The summed E-state index contributed by atoms with van der Waals surface area (Å²) in [6.45, 7) is 5.24. The van der Waals surface area contributed by atoms with Crippen LogP contribution in [0.25, 0.3) is 0 Å². The van der Waals surface area contributed by atoms with Crippen molar-refractivity contribution in [3.8, 4) is 0 Å². The molecule has 3 aliphatic rings. The lowest BCUT2D eigenvalue weighted by Gasteiger charge is -2.53. The third kappa shape index (κ3) is 4.65. The fraction of sp³-hybridized carbons (Fsp3) is 0.739. The van der Waals surface area contributed by atoms with Gasteiger partial charge in [-0.15, -0.1) is 0 Å². The predicted octanol–water partition coefficient (Wildman–Crippen LogP) is 2.65. The molecule has 6 nitrogen and oxygen atoms in total. The van der Waals surface area contributed by atoms with E-state index < -0.39 is 17.2 Å². The molecule has 0 radical (unpaired) electrons. The number of aliphatic hydroxyl groups excluding tert-OH is 1. The van der Waals surface area contributed by atoms with E-state index in [1.807, 2.05) is 31.5 Å². The maximum absolute atomic E-state index is 12.7. The number of carbonyl (C=O) groups excluding carboxylic acids is 1. The first-order valence-corrected chi connectivity index (χ1v) is 11.2. The molecule has 160 valence electrons. The van der Waals surface area contributed by atoms with Gasteiger partial charge in [0.1, 0.15) is 6.10 Å². The van der Waals surface area contributed by atoms with E-state index in [1.54, 1.807) is 0 Å². The number of likely N-dealkylation sites (tertiary alicyclic amines) is 1. The van der Waals surface area contributed by atoms with Crippen molar-refractivity contribution in [1.82, 2.24) is 15.2 Å². The van der Waals surface area contributed by atoms with E-state index in [0.717, 1.165) is 45.3 Å². The summed E-state index contributed by atoms with van der Waals surface area (Å²) < 4.78 is 6.19. The molecule has 1 saturated carbocycles. The second-order valence-corrected chi connectivity index (χ2v) is 9.52. The van der Waals surface area contributed by atoms with E-state index in [9.17, 15) is 9.90 Å². The minimum atomic E-state index is -0.681. The van der Waals surface area contributed by atoms with Crippen LogP contribution in [0.1, 0.15) is 63.9 Å². The van der Waals surface area contributed by atoms with Gasteiger partial charge in [0.15, 0.2) is 0 Å². The highest BCUT2D eigenvalue weighted by Crippen LogP contribution is 2.40. The standard InChI is InChI=1S/C23H35N3O3/c1-22(25-20(27)16-18-4-2-3-5-18)10-15-29-23(21(22)28)8-13-26(14-9-23)17-19-6-11-24-12-7-19/h6-7,11-12,18,21,28H,2-5,8-10,13-17H2,1H3,(H,25,27)/t21-,22+/m1/s1. The summed E-state index contributed by atoms with van der Waals surface area (Å²) in [6.07, 6.45) is 10.6. The van der Waals surface area contributed by atoms with Crippen molar-refractivity contribution in [2.45, 2.75) is 82.1 Å². The summed E-state index contributed by atoms with van der Waals surface area (Å²) in [4.78, 5) is 19.2. The van der Waals surface area contributed by atoms with E-state index in [4.69, 9.17) is 4.74 Å². The van der Waals surface area contributed by atoms with Gasteiger partial charge < -0.3 is 15.2 Å². The van der Waals surface area contributed by atoms with Crippen LogP contribution in [0, 0.1) is 5.92 Å². The van der Waals surface area contributed by atoms with Gasteiger partial charge in [0.25, 0.3) is 0 Å². The van der Waals surface area contributed by atoms with Crippen molar-refractivity contribution in [1.29, 1.82) is 0 Å². The number of hydrogen-bond donors (Lipinski definition) is 2. The summed E-state index contributed by atoms with van der Waals surface area (Å²) in [7, 11) is 0. The SMILES string of the molecule is C[C@]1(NC(=O)CC2CCCC2)CCOC2(CCN(Cc3ccncc3)CC2)[C@@H]1O. The predicted molar refractivity (Wildman–Crippen MR) is 111 cm³/mol. The molecule has 0 aromatic carbocycles. The minimum absolute atomic E-state index is 0.0885. The van der Waals surface area contributed by atoms with Crippen molar-refractivity contribution < 1.29 is 14.6 Å². The fourth-order valence-electron chi connectivity index (χ4n) is 5.49. The quantitative estimate of drug-likeness (QED) is 0.793. The van der Waals surface area contributed by atoms with Crippen LogP contribution in [0.15, 0.2) is 24.5 Å². The Labute approximate surface area is 174 Å². The van der Waals surface area contributed by atoms with Gasteiger partial charge in [-0.05, 0) is 62.6 Å². The molecule has 1 aliphatic carbocycles. The Morgan fingerprint density at radius 1 is 1.24 bits per heavy atom. The largest absolute Gasteiger partial charge is 0.388 e. The monoisotopic (exact) mass is 401 g/mol. The molecule has 2 atom stereocenters. The van der Waals surface area contributed by atoms with Crippen LogP contribution in [0.4, 0.5) is 0 Å². The molecule has 1 aromatic rings. The lowest BCUT2D eigenvalue weighted by Crippen LogP contribution is -2.69. The normalized spacial score (nSPS) is 30.5. The van der Waals surface area contributed by atoms with Gasteiger partial charge in [0.05, 0.1) is 11.1 Å². The molecule has 3 heterocycles. The van der Waals surface area contributed by atoms with Crippen molar-refractivity contribution in [3.05, 3.63) is 30.1 Å².